The van der Waals surface area contributed by atoms with Crippen molar-refractivity contribution in [3.8, 4) is 11.6 Å². The van der Waals surface area contributed by atoms with Gasteiger partial charge in [0.2, 0.25) is 5.88 Å². The number of anilines is 2. The average molecular weight is 474 g/mol. The van der Waals surface area contributed by atoms with Gasteiger partial charge in [0.1, 0.15) is 5.75 Å². The summed E-state index contributed by atoms with van der Waals surface area (Å²) in [6, 6.07) is 18.8. The third kappa shape index (κ3) is 5.76. The van der Waals surface area contributed by atoms with Gasteiger partial charge < -0.3 is 25.5 Å². The highest BCUT2D eigenvalue weighted by Crippen LogP contribution is 2.37. The molecule has 0 atom stereocenters. The molecule has 1 aromatic heterocycles. The van der Waals surface area contributed by atoms with Gasteiger partial charge in [-0.2, -0.15) is 0 Å². The molecule has 0 saturated carbocycles. The summed E-state index contributed by atoms with van der Waals surface area (Å²) >= 11 is 0. The molecule has 3 amide bonds. The molecule has 35 heavy (non-hydrogen) atoms. The van der Waals surface area contributed by atoms with E-state index in [0.717, 1.165) is 0 Å². The first kappa shape index (κ1) is 22.9. The second-order valence-corrected chi connectivity index (χ2v) is 7.16. The number of H-pyrrole nitrogens is 1. The lowest BCUT2D eigenvalue weighted by molar-refractivity contribution is -0.384. The second kappa shape index (κ2) is 10.1. The number of fused-ring (bicyclic) bond motifs is 1. The van der Waals surface area contributed by atoms with Crippen LogP contribution in [0.2, 0.25) is 0 Å². The molecule has 4 N–H and O–H groups in total. The van der Waals surface area contributed by atoms with E-state index in [2.05, 4.69) is 25.8 Å². The Morgan fingerprint density at radius 2 is 1.69 bits per heavy atom. The molecule has 0 aliphatic rings. The molecule has 0 fully saturated rings. The molecule has 4 rings (SSSR count). The van der Waals surface area contributed by atoms with Crippen LogP contribution in [0.25, 0.3) is 10.9 Å². The molecule has 0 unspecified atom stereocenters. The van der Waals surface area contributed by atoms with Gasteiger partial charge in [0.05, 0.1) is 10.4 Å². The van der Waals surface area contributed by atoms with Crippen LogP contribution < -0.4 is 15.4 Å². The highest BCUT2D eigenvalue weighted by Gasteiger charge is 2.15. The van der Waals surface area contributed by atoms with Crippen LogP contribution in [0.3, 0.4) is 0 Å². The molecule has 0 aliphatic heterocycles. The summed E-state index contributed by atoms with van der Waals surface area (Å²) in [6.45, 7) is -0.436. The normalized spacial score (nSPS) is 10.9. The van der Waals surface area contributed by atoms with E-state index in [4.69, 9.17) is 4.74 Å². The molecule has 176 valence electrons. The zero-order valence-corrected chi connectivity index (χ0v) is 18.0. The van der Waals surface area contributed by atoms with E-state index in [1.54, 1.807) is 48.5 Å². The van der Waals surface area contributed by atoms with Crippen molar-refractivity contribution in [2.75, 3.05) is 17.2 Å². The Labute approximate surface area is 197 Å². The number of rotatable bonds is 7. The Balaban J connectivity index is 1.32. The van der Waals surface area contributed by atoms with Crippen molar-refractivity contribution in [2.24, 2.45) is 10.2 Å². The zero-order valence-electron chi connectivity index (χ0n) is 18.0. The minimum Gasteiger partial charge on any atom is -0.493 e. The van der Waals surface area contributed by atoms with Crippen LogP contribution >= 0.6 is 0 Å². The summed E-state index contributed by atoms with van der Waals surface area (Å²) in [5.41, 5.74) is 1.27. The number of aromatic nitrogens is 1. The van der Waals surface area contributed by atoms with Crippen molar-refractivity contribution < 1.29 is 24.4 Å². The van der Waals surface area contributed by atoms with Gasteiger partial charge in [0, 0.05) is 28.9 Å². The lowest BCUT2D eigenvalue weighted by Crippen LogP contribution is -2.19. The van der Waals surface area contributed by atoms with Crippen LogP contribution in [0.1, 0.15) is 0 Å². The number of carbonyl (C=O) groups excluding carboxylic acids is 2. The molecule has 4 aromatic rings. The summed E-state index contributed by atoms with van der Waals surface area (Å²) in [7, 11) is 0. The monoisotopic (exact) mass is 474 g/mol. The van der Waals surface area contributed by atoms with Crippen LogP contribution in [-0.2, 0) is 4.79 Å². The first-order chi connectivity index (χ1) is 16.9. The SMILES string of the molecule is O=C(COc1ccc(NC(=O)Nc2ccccc2)cc1)N=Nc1c(O)[nH]c2ccc([N+](=O)[O-])cc12. The zero-order chi connectivity index (χ0) is 24.8. The molecule has 1 heterocycles. The van der Waals surface area contributed by atoms with Gasteiger partial charge in [-0.1, -0.05) is 18.2 Å². The molecule has 3 aromatic carbocycles. The average Bonchev–Trinajstić information content (AvgIpc) is 3.16. The molecule has 0 saturated heterocycles. The number of nitro benzene ring substituents is 1. The van der Waals surface area contributed by atoms with Crippen LogP contribution in [0.15, 0.2) is 83.0 Å². The number of azo groups is 1. The lowest BCUT2D eigenvalue weighted by atomic mass is 10.2. The molecule has 0 aliphatic carbocycles. The molecule has 12 heteroatoms. The number of aromatic hydroxyl groups is 1. The summed E-state index contributed by atoms with van der Waals surface area (Å²) < 4.78 is 5.37. The number of nitro groups is 1. The number of nitrogens with zero attached hydrogens (tertiary/aromatic N) is 3. The fraction of sp³-hybridized carbons (Fsp3) is 0.0435. The van der Waals surface area contributed by atoms with Crippen LogP contribution in [0, 0.1) is 10.1 Å². The number of hydrogen-bond donors (Lipinski definition) is 4. The van der Waals surface area contributed by atoms with Crippen LogP contribution in [-0.4, -0.2) is 33.6 Å². The maximum absolute atomic E-state index is 12.1. The first-order valence-corrected chi connectivity index (χ1v) is 10.2. The number of hydrogen-bond acceptors (Lipinski definition) is 7. The third-order valence-corrected chi connectivity index (χ3v) is 4.71. The minimum atomic E-state index is -0.742. The number of amides is 3. The van der Waals surface area contributed by atoms with Gasteiger partial charge in [0.25, 0.3) is 5.69 Å². The van der Waals surface area contributed by atoms with Crippen molar-refractivity contribution in [1.29, 1.82) is 0 Å². The van der Waals surface area contributed by atoms with Crippen molar-refractivity contribution >= 4 is 45.6 Å². The van der Waals surface area contributed by atoms with E-state index in [0.29, 0.717) is 22.6 Å². The van der Waals surface area contributed by atoms with Gasteiger partial charge in [-0.05, 0) is 42.5 Å². The fourth-order valence-electron chi connectivity index (χ4n) is 3.10. The molecule has 0 bridgehead atoms. The number of benzene rings is 3. The van der Waals surface area contributed by atoms with E-state index in [1.807, 2.05) is 6.07 Å². The quantitative estimate of drug-likeness (QED) is 0.164. The second-order valence-electron chi connectivity index (χ2n) is 7.16. The number of para-hydroxylation sites is 1. The molecular weight excluding hydrogens is 456 g/mol. The minimum absolute atomic E-state index is 0.0961. The maximum Gasteiger partial charge on any atom is 0.323 e. The molecule has 0 spiro atoms. The fourth-order valence-corrected chi connectivity index (χ4v) is 3.10. The Morgan fingerprint density at radius 1 is 1.00 bits per heavy atom. The summed E-state index contributed by atoms with van der Waals surface area (Å²) in [5.74, 6) is -0.765. The maximum atomic E-state index is 12.1. The van der Waals surface area contributed by atoms with E-state index < -0.39 is 23.5 Å². The third-order valence-electron chi connectivity index (χ3n) is 4.71. The lowest BCUT2D eigenvalue weighted by Gasteiger charge is -2.08. The summed E-state index contributed by atoms with van der Waals surface area (Å²) in [4.78, 5) is 37.1. The number of nitrogens with one attached hydrogen (secondary N) is 3. The highest BCUT2D eigenvalue weighted by molar-refractivity contribution is 5.99. The molecule has 0 radical (unpaired) electrons. The predicted octanol–water partition coefficient (Wildman–Crippen LogP) is 5.12. The standard InChI is InChI=1S/C23H18N6O6/c30-20(27-28-21-18-12-16(29(33)34)8-11-19(18)26-22(21)31)13-35-17-9-6-15(7-10-17)25-23(32)24-14-4-2-1-3-5-14/h1-12,26,31H,13H2,(H2,24,25,32). The van der Waals surface area contributed by atoms with E-state index in [9.17, 15) is 24.8 Å². The van der Waals surface area contributed by atoms with Gasteiger partial charge in [-0.3, -0.25) is 14.9 Å². The topological polar surface area (TPSA) is 171 Å². The van der Waals surface area contributed by atoms with Gasteiger partial charge in [-0.15, -0.1) is 10.2 Å². The van der Waals surface area contributed by atoms with Crippen molar-refractivity contribution in [3.05, 3.63) is 82.9 Å². The summed E-state index contributed by atoms with van der Waals surface area (Å²) in [5, 5.41) is 33.8. The number of carbonyl (C=O) groups is 2. The van der Waals surface area contributed by atoms with Gasteiger partial charge >= 0.3 is 11.9 Å². The van der Waals surface area contributed by atoms with Crippen LogP contribution in [0.4, 0.5) is 27.5 Å². The Hall–Kier alpha value is -5.26. The number of ether oxygens (including phenoxy) is 1. The number of non-ortho nitro benzene ring substituents is 1. The largest absolute Gasteiger partial charge is 0.493 e. The Kier molecular flexibility index (Phi) is 6.63. The highest BCUT2D eigenvalue weighted by atomic mass is 16.6. The van der Waals surface area contributed by atoms with Crippen molar-refractivity contribution in [2.45, 2.75) is 0 Å². The Morgan fingerprint density at radius 3 is 2.37 bits per heavy atom. The number of urea groups is 1. The molecule has 12 nitrogen and oxygen atoms in total. The van der Waals surface area contributed by atoms with Gasteiger partial charge in [-0.25, -0.2) is 4.79 Å². The summed E-state index contributed by atoms with van der Waals surface area (Å²) in [6.07, 6.45) is 0. The van der Waals surface area contributed by atoms with Gasteiger partial charge in [0.15, 0.2) is 12.3 Å². The predicted molar refractivity (Wildman–Crippen MR) is 127 cm³/mol. The first-order valence-electron chi connectivity index (χ1n) is 10.2. The Bertz CT molecular complexity index is 1420. The van der Waals surface area contributed by atoms with E-state index >= 15 is 0 Å². The van der Waals surface area contributed by atoms with E-state index in [1.165, 1.54) is 18.2 Å². The van der Waals surface area contributed by atoms with E-state index in [-0.39, 0.29) is 22.6 Å². The smallest absolute Gasteiger partial charge is 0.323 e. The van der Waals surface area contributed by atoms with Crippen molar-refractivity contribution in [1.82, 2.24) is 4.98 Å². The number of aromatic amines is 1. The van der Waals surface area contributed by atoms with Crippen molar-refractivity contribution in [3.63, 3.8) is 0 Å². The van der Waals surface area contributed by atoms with Crippen LogP contribution in [0.5, 0.6) is 11.6 Å². The molecular formula is C23H18N6O6.